The largest absolute Gasteiger partial charge is 0.465 e. The lowest BCUT2D eigenvalue weighted by Gasteiger charge is -2.66. The van der Waals surface area contributed by atoms with Gasteiger partial charge in [0.15, 0.2) is 0 Å². The first kappa shape index (κ1) is 24.7. The van der Waals surface area contributed by atoms with Crippen LogP contribution in [0.2, 0.25) is 0 Å². The molecule has 0 amide bonds. The van der Waals surface area contributed by atoms with Crippen molar-refractivity contribution in [2.45, 2.75) is 90.3 Å². The number of carbonyl (C=O) groups is 3. The summed E-state index contributed by atoms with van der Waals surface area (Å²) in [6.07, 6.45) is 1.97. The van der Waals surface area contributed by atoms with Crippen LogP contribution in [0.25, 0.3) is 0 Å². The molecule has 2 saturated heterocycles. The second-order valence-corrected chi connectivity index (χ2v) is 11.0. The van der Waals surface area contributed by atoms with Gasteiger partial charge < -0.3 is 24.1 Å². The van der Waals surface area contributed by atoms with E-state index in [1.807, 2.05) is 0 Å². The molecule has 1 N–H and O–H groups in total. The van der Waals surface area contributed by atoms with Gasteiger partial charge in [0.2, 0.25) is 6.29 Å². The lowest BCUT2D eigenvalue weighted by atomic mass is 9.41. The van der Waals surface area contributed by atoms with Crippen LogP contribution in [-0.4, -0.2) is 59.6 Å². The van der Waals surface area contributed by atoms with E-state index in [4.69, 9.17) is 30.5 Å². The van der Waals surface area contributed by atoms with E-state index >= 15 is 0 Å². The van der Waals surface area contributed by atoms with Crippen molar-refractivity contribution in [3.63, 3.8) is 0 Å². The topological polar surface area (TPSA) is 108 Å². The van der Waals surface area contributed by atoms with Crippen molar-refractivity contribution in [3.05, 3.63) is 0 Å². The van der Waals surface area contributed by atoms with Crippen LogP contribution in [0.3, 0.4) is 0 Å². The van der Waals surface area contributed by atoms with E-state index in [2.05, 4.69) is 13.8 Å². The smallest absolute Gasteiger partial charge is 0.308 e. The fourth-order valence-electron chi connectivity index (χ4n) is 7.38. The predicted octanol–water partition coefficient (Wildman–Crippen LogP) is 2.96. The van der Waals surface area contributed by atoms with Gasteiger partial charge in [0, 0.05) is 25.2 Å². The number of ether oxygens (including phenoxy) is 4. The Labute approximate surface area is 199 Å². The van der Waals surface area contributed by atoms with E-state index < -0.39 is 40.8 Å². The molecule has 9 atom stereocenters. The van der Waals surface area contributed by atoms with Gasteiger partial charge in [-0.25, -0.2) is 0 Å². The first-order valence-corrected chi connectivity index (χ1v) is 12.4. The molecule has 4 aliphatic rings. The van der Waals surface area contributed by atoms with E-state index in [0.29, 0.717) is 25.7 Å². The second kappa shape index (κ2) is 8.68. The average Bonchev–Trinajstić information content (AvgIpc) is 3.28. The van der Waals surface area contributed by atoms with Crippen LogP contribution in [0.4, 0.5) is 0 Å². The van der Waals surface area contributed by atoms with Gasteiger partial charge in [0.25, 0.3) is 0 Å². The second-order valence-electron chi connectivity index (χ2n) is 10.7. The summed E-state index contributed by atoms with van der Waals surface area (Å²) in [4.78, 5) is 35.8. The maximum absolute atomic E-state index is 12.1. The van der Waals surface area contributed by atoms with Crippen LogP contribution < -0.4 is 0 Å². The number of halogens is 1. The molecule has 4 fully saturated rings. The maximum atomic E-state index is 12.1. The van der Waals surface area contributed by atoms with Gasteiger partial charge >= 0.3 is 17.9 Å². The summed E-state index contributed by atoms with van der Waals surface area (Å²) in [6, 6.07) is 0. The van der Waals surface area contributed by atoms with E-state index in [0.717, 1.165) is 12.8 Å². The van der Waals surface area contributed by atoms with Crippen molar-refractivity contribution in [1.82, 2.24) is 0 Å². The highest BCUT2D eigenvalue weighted by molar-refractivity contribution is 6.18. The quantitative estimate of drug-likeness (QED) is 0.359. The van der Waals surface area contributed by atoms with Gasteiger partial charge in [-0.05, 0) is 37.5 Å². The van der Waals surface area contributed by atoms with E-state index in [1.54, 1.807) is 0 Å². The number of aliphatic hydroxyl groups is 1. The highest BCUT2D eigenvalue weighted by atomic mass is 35.5. The minimum atomic E-state index is -1.39. The van der Waals surface area contributed by atoms with Crippen molar-refractivity contribution in [2.24, 2.45) is 28.6 Å². The van der Waals surface area contributed by atoms with Crippen molar-refractivity contribution < 1.29 is 38.4 Å². The molecular formula is C24H35ClO8. The third kappa shape index (κ3) is 3.76. The summed E-state index contributed by atoms with van der Waals surface area (Å²) in [6.45, 7) is 6.86. The van der Waals surface area contributed by atoms with E-state index in [1.165, 1.54) is 13.8 Å². The number of alkyl halides is 1. The van der Waals surface area contributed by atoms with Crippen LogP contribution in [0.5, 0.6) is 0 Å². The molecule has 2 saturated carbocycles. The third-order valence-electron chi connectivity index (χ3n) is 9.14. The molecule has 2 aliphatic heterocycles. The predicted molar refractivity (Wildman–Crippen MR) is 117 cm³/mol. The first-order chi connectivity index (χ1) is 15.5. The SMILES string of the molecule is CC(=O)OC[C@@]12[C@@H](OC(C)=O)C[C@@H](C)[C@](C)(C3C[C@H]4CC(=O)O[C@H]4O3)[C@H]1CCC[C@]2(O)CCl. The molecule has 4 rings (SSSR count). The Bertz CT molecular complexity index is 802. The number of hydrogen-bond donors (Lipinski definition) is 1. The fourth-order valence-corrected chi connectivity index (χ4v) is 7.76. The lowest BCUT2D eigenvalue weighted by Crippen LogP contribution is -2.72. The summed E-state index contributed by atoms with van der Waals surface area (Å²) < 4.78 is 23.1. The number of carbonyl (C=O) groups excluding carboxylic acids is 3. The van der Waals surface area contributed by atoms with Gasteiger partial charge in [0.1, 0.15) is 12.7 Å². The Balaban J connectivity index is 1.80. The van der Waals surface area contributed by atoms with Gasteiger partial charge in [0.05, 0.1) is 29.4 Å². The van der Waals surface area contributed by atoms with Crippen LogP contribution in [0.15, 0.2) is 0 Å². The summed E-state index contributed by atoms with van der Waals surface area (Å²) in [5.74, 6) is -1.34. The molecule has 0 aromatic rings. The monoisotopic (exact) mass is 486 g/mol. The molecule has 0 radical (unpaired) electrons. The molecule has 0 spiro atoms. The Morgan fingerprint density at radius 3 is 2.58 bits per heavy atom. The van der Waals surface area contributed by atoms with Gasteiger partial charge in [-0.3, -0.25) is 14.4 Å². The minimum Gasteiger partial charge on any atom is -0.465 e. The Morgan fingerprint density at radius 2 is 1.97 bits per heavy atom. The van der Waals surface area contributed by atoms with E-state index in [9.17, 15) is 19.5 Å². The zero-order valence-corrected chi connectivity index (χ0v) is 20.6. The molecule has 9 heteroatoms. The summed E-state index contributed by atoms with van der Waals surface area (Å²) >= 11 is 6.41. The standard InChI is InChI=1S/C24H35ClO8/c1-13-8-19(31-15(3)27)24(12-30-14(2)26)17(6-5-7-23(24,29)11-25)22(13,4)18-9-16-10-20(28)33-21(16)32-18/h13,16-19,21,29H,5-12H2,1-4H3/t13-,16+,17-,18?,19+,21-,22+,23+,24+/m1/s1. The molecule has 0 aromatic heterocycles. The number of esters is 3. The average molecular weight is 487 g/mol. The highest BCUT2D eigenvalue weighted by Gasteiger charge is 2.72. The summed E-state index contributed by atoms with van der Waals surface area (Å²) in [5, 5.41) is 12.0. The molecule has 0 bridgehead atoms. The van der Waals surface area contributed by atoms with Gasteiger partial charge in [-0.2, -0.15) is 0 Å². The fraction of sp³-hybridized carbons (Fsp3) is 0.875. The van der Waals surface area contributed by atoms with Crippen molar-refractivity contribution >= 4 is 29.5 Å². The molecule has 8 nitrogen and oxygen atoms in total. The Morgan fingerprint density at radius 1 is 1.24 bits per heavy atom. The van der Waals surface area contributed by atoms with E-state index in [-0.39, 0.29) is 42.3 Å². The molecule has 186 valence electrons. The number of rotatable bonds is 5. The van der Waals surface area contributed by atoms with Crippen LogP contribution >= 0.6 is 11.6 Å². The Kier molecular flexibility index (Phi) is 6.51. The van der Waals surface area contributed by atoms with Gasteiger partial charge in [-0.1, -0.05) is 20.3 Å². The zero-order chi connectivity index (χ0) is 24.2. The molecule has 0 aromatic carbocycles. The molecule has 2 heterocycles. The molecular weight excluding hydrogens is 452 g/mol. The normalized spacial score (nSPS) is 46.8. The minimum absolute atomic E-state index is 0.0103. The Hall–Kier alpha value is -1.38. The highest BCUT2D eigenvalue weighted by Crippen LogP contribution is 2.67. The third-order valence-corrected chi connectivity index (χ3v) is 9.58. The summed E-state index contributed by atoms with van der Waals surface area (Å²) in [5.41, 5.74) is -2.92. The van der Waals surface area contributed by atoms with Crippen molar-refractivity contribution in [3.8, 4) is 0 Å². The van der Waals surface area contributed by atoms with Crippen LogP contribution in [-0.2, 0) is 33.3 Å². The molecule has 2 aliphatic carbocycles. The molecule has 1 unspecified atom stereocenters. The lowest BCUT2D eigenvalue weighted by molar-refractivity contribution is -0.285. The number of hydrogen-bond acceptors (Lipinski definition) is 8. The van der Waals surface area contributed by atoms with Crippen LogP contribution in [0.1, 0.15) is 66.2 Å². The first-order valence-electron chi connectivity index (χ1n) is 11.9. The zero-order valence-electron chi connectivity index (χ0n) is 19.8. The maximum Gasteiger partial charge on any atom is 0.308 e. The molecule has 33 heavy (non-hydrogen) atoms. The van der Waals surface area contributed by atoms with Crippen molar-refractivity contribution in [2.75, 3.05) is 12.5 Å². The van der Waals surface area contributed by atoms with Crippen LogP contribution in [0, 0.1) is 28.6 Å². The van der Waals surface area contributed by atoms with Crippen molar-refractivity contribution in [1.29, 1.82) is 0 Å². The summed E-state index contributed by atoms with van der Waals surface area (Å²) in [7, 11) is 0. The number of fused-ring (bicyclic) bond motifs is 2. The van der Waals surface area contributed by atoms with Gasteiger partial charge in [-0.15, -0.1) is 11.6 Å².